The van der Waals surface area contributed by atoms with E-state index in [-0.39, 0.29) is 17.9 Å². The topological polar surface area (TPSA) is 67.2 Å². The van der Waals surface area contributed by atoms with Crippen molar-refractivity contribution in [1.29, 1.82) is 0 Å². The van der Waals surface area contributed by atoms with E-state index < -0.39 is 0 Å². The number of fused-ring (bicyclic) bond motifs is 1. The van der Waals surface area contributed by atoms with Crippen LogP contribution in [0.5, 0.6) is 0 Å². The van der Waals surface area contributed by atoms with Crippen molar-refractivity contribution in [2.75, 3.05) is 6.54 Å². The SMILES string of the molecule is CC(C)CCC(=O)N1CCn2cc(C(=O)NCc3cccs3)nc2[C@@H]1C. The largest absolute Gasteiger partial charge is 0.346 e. The van der Waals surface area contributed by atoms with Crippen molar-refractivity contribution in [3.05, 3.63) is 40.1 Å². The summed E-state index contributed by atoms with van der Waals surface area (Å²) in [5.74, 6) is 1.30. The van der Waals surface area contributed by atoms with Crippen molar-refractivity contribution in [1.82, 2.24) is 19.8 Å². The molecule has 0 aromatic carbocycles. The van der Waals surface area contributed by atoms with E-state index in [0.29, 0.717) is 37.7 Å². The third-order valence-corrected chi connectivity index (χ3v) is 5.60. The predicted molar refractivity (Wildman–Crippen MR) is 102 cm³/mol. The number of amides is 2. The van der Waals surface area contributed by atoms with Crippen LogP contribution in [-0.4, -0.2) is 32.8 Å². The van der Waals surface area contributed by atoms with Crippen molar-refractivity contribution in [3.63, 3.8) is 0 Å². The first-order valence-electron chi connectivity index (χ1n) is 9.13. The molecule has 0 saturated carbocycles. The molecule has 1 aliphatic rings. The van der Waals surface area contributed by atoms with E-state index in [1.807, 2.05) is 33.9 Å². The molecule has 6 nitrogen and oxygen atoms in total. The fourth-order valence-electron chi connectivity index (χ4n) is 3.17. The average Bonchev–Trinajstić information content (AvgIpc) is 3.27. The van der Waals surface area contributed by atoms with Gasteiger partial charge < -0.3 is 14.8 Å². The second kappa shape index (κ2) is 8.03. The summed E-state index contributed by atoms with van der Waals surface area (Å²) in [4.78, 5) is 32.4. The molecule has 2 aromatic rings. The summed E-state index contributed by atoms with van der Waals surface area (Å²) in [6, 6.07) is 3.85. The molecule has 2 aromatic heterocycles. The second-order valence-electron chi connectivity index (χ2n) is 7.14. The molecule has 0 saturated heterocycles. The van der Waals surface area contributed by atoms with Crippen molar-refractivity contribution < 1.29 is 9.59 Å². The smallest absolute Gasteiger partial charge is 0.271 e. The Labute approximate surface area is 158 Å². The van der Waals surface area contributed by atoms with Crippen LogP contribution in [0.15, 0.2) is 23.7 Å². The van der Waals surface area contributed by atoms with Crippen LogP contribution < -0.4 is 5.32 Å². The van der Waals surface area contributed by atoms with Crippen LogP contribution in [0, 0.1) is 5.92 Å². The van der Waals surface area contributed by atoms with Crippen LogP contribution in [0.4, 0.5) is 0 Å². The minimum absolute atomic E-state index is 0.109. The minimum atomic E-state index is -0.176. The highest BCUT2D eigenvalue weighted by Crippen LogP contribution is 2.26. The van der Waals surface area contributed by atoms with E-state index >= 15 is 0 Å². The molecule has 1 N–H and O–H groups in total. The first-order chi connectivity index (χ1) is 12.5. The Hall–Kier alpha value is -2.15. The number of imidazole rings is 1. The molecule has 1 atom stereocenters. The number of nitrogens with one attached hydrogen (secondary N) is 1. The molecular formula is C19H26N4O2S. The monoisotopic (exact) mass is 374 g/mol. The third kappa shape index (κ3) is 4.15. The highest BCUT2D eigenvalue weighted by Gasteiger charge is 2.30. The summed E-state index contributed by atoms with van der Waals surface area (Å²) in [6.07, 6.45) is 3.26. The van der Waals surface area contributed by atoms with Gasteiger partial charge in [0.25, 0.3) is 5.91 Å². The number of hydrogen-bond donors (Lipinski definition) is 1. The predicted octanol–water partition coefficient (Wildman–Crippen LogP) is 3.21. The van der Waals surface area contributed by atoms with Crippen LogP contribution >= 0.6 is 11.3 Å². The van der Waals surface area contributed by atoms with Crippen molar-refractivity contribution >= 4 is 23.2 Å². The van der Waals surface area contributed by atoms with Gasteiger partial charge in [0.05, 0.1) is 12.6 Å². The van der Waals surface area contributed by atoms with Crippen molar-refractivity contribution in [2.45, 2.75) is 52.7 Å². The number of carbonyl (C=O) groups excluding carboxylic acids is 2. The zero-order valence-corrected chi connectivity index (χ0v) is 16.4. The summed E-state index contributed by atoms with van der Waals surface area (Å²) < 4.78 is 2.00. The summed E-state index contributed by atoms with van der Waals surface area (Å²) in [5.41, 5.74) is 0.417. The number of aromatic nitrogens is 2. The third-order valence-electron chi connectivity index (χ3n) is 4.72. The standard InChI is InChI=1S/C19H26N4O2S/c1-13(2)6-7-17(24)23-9-8-22-12-16(21-18(22)14(23)3)19(25)20-11-15-5-4-10-26-15/h4-5,10,12-14H,6-9,11H2,1-3H3,(H,20,25)/t14-/m0/s1. The normalized spacial score (nSPS) is 16.6. The molecule has 3 heterocycles. The van der Waals surface area contributed by atoms with Crippen LogP contribution in [0.1, 0.15) is 60.8 Å². The molecule has 1 aliphatic heterocycles. The second-order valence-corrected chi connectivity index (χ2v) is 8.17. The molecule has 0 bridgehead atoms. The molecule has 3 rings (SSSR count). The molecular weight excluding hydrogens is 348 g/mol. The van der Waals surface area contributed by atoms with Gasteiger partial charge in [-0.15, -0.1) is 11.3 Å². The van der Waals surface area contributed by atoms with E-state index in [4.69, 9.17) is 0 Å². The van der Waals surface area contributed by atoms with Gasteiger partial charge in [0.1, 0.15) is 11.5 Å². The van der Waals surface area contributed by atoms with Gasteiger partial charge in [0.2, 0.25) is 5.91 Å². The molecule has 0 radical (unpaired) electrons. The van der Waals surface area contributed by atoms with E-state index in [1.165, 1.54) is 0 Å². The lowest BCUT2D eigenvalue weighted by atomic mass is 10.1. The highest BCUT2D eigenvalue weighted by atomic mass is 32.1. The fraction of sp³-hybridized carbons (Fsp3) is 0.526. The molecule has 2 amide bonds. The number of nitrogens with zero attached hydrogens (tertiary/aromatic N) is 3. The van der Waals surface area contributed by atoms with E-state index in [1.54, 1.807) is 17.5 Å². The maximum Gasteiger partial charge on any atom is 0.271 e. The first kappa shape index (κ1) is 18.6. The average molecular weight is 375 g/mol. The Bertz CT molecular complexity index is 767. The molecule has 0 aliphatic carbocycles. The van der Waals surface area contributed by atoms with Gasteiger partial charge in [0, 0.05) is 30.6 Å². The van der Waals surface area contributed by atoms with Crippen LogP contribution in [0.3, 0.4) is 0 Å². The van der Waals surface area contributed by atoms with Crippen LogP contribution in [-0.2, 0) is 17.9 Å². The van der Waals surface area contributed by atoms with Gasteiger partial charge in [-0.3, -0.25) is 9.59 Å². The van der Waals surface area contributed by atoms with Gasteiger partial charge in [-0.05, 0) is 30.7 Å². The van der Waals surface area contributed by atoms with Gasteiger partial charge >= 0.3 is 0 Å². The summed E-state index contributed by atoms with van der Waals surface area (Å²) in [7, 11) is 0. The Morgan fingerprint density at radius 3 is 2.88 bits per heavy atom. The molecule has 7 heteroatoms. The molecule has 0 fully saturated rings. The fourth-order valence-corrected chi connectivity index (χ4v) is 3.81. The Morgan fingerprint density at radius 1 is 1.38 bits per heavy atom. The molecule has 140 valence electrons. The number of thiophene rings is 1. The van der Waals surface area contributed by atoms with E-state index in [2.05, 4.69) is 24.1 Å². The Kier molecular flexibility index (Phi) is 5.76. The Balaban J connectivity index is 1.65. The lowest BCUT2D eigenvalue weighted by molar-refractivity contribution is -0.134. The van der Waals surface area contributed by atoms with Gasteiger partial charge in [-0.25, -0.2) is 4.98 Å². The summed E-state index contributed by atoms with van der Waals surface area (Å²) in [5, 5.41) is 4.90. The molecule has 0 spiro atoms. The zero-order chi connectivity index (χ0) is 18.7. The number of rotatable bonds is 6. The van der Waals surface area contributed by atoms with Crippen LogP contribution in [0.25, 0.3) is 0 Å². The summed E-state index contributed by atoms with van der Waals surface area (Å²) in [6.45, 7) is 8.09. The maximum atomic E-state index is 12.5. The first-order valence-corrected chi connectivity index (χ1v) is 10.0. The quantitative estimate of drug-likeness (QED) is 0.844. The van der Waals surface area contributed by atoms with E-state index in [0.717, 1.165) is 17.1 Å². The Morgan fingerprint density at radius 2 is 2.19 bits per heavy atom. The number of hydrogen-bond acceptors (Lipinski definition) is 4. The molecule has 26 heavy (non-hydrogen) atoms. The molecule has 0 unspecified atom stereocenters. The lowest BCUT2D eigenvalue weighted by Gasteiger charge is -2.34. The van der Waals surface area contributed by atoms with Gasteiger partial charge in [-0.1, -0.05) is 19.9 Å². The van der Waals surface area contributed by atoms with Gasteiger partial charge in [0.15, 0.2) is 0 Å². The van der Waals surface area contributed by atoms with Crippen molar-refractivity contribution in [3.8, 4) is 0 Å². The van der Waals surface area contributed by atoms with Crippen molar-refractivity contribution in [2.24, 2.45) is 5.92 Å². The van der Waals surface area contributed by atoms with Gasteiger partial charge in [-0.2, -0.15) is 0 Å². The van der Waals surface area contributed by atoms with E-state index in [9.17, 15) is 9.59 Å². The minimum Gasteiger partial charge on any atom is -0.346 e. The highest BCUT2D eigenvalue weighted by molar-refractivity contribution is 7.09. The lowest BCUT2D eigenvalue weighted by Crippen LogP contribution is -2.41. The maximum absolute atomic E-state index is 12.5. The zero-order valence-electron chi connectivity index (χ0n) is 15.6. The summed E-state index contributed by atoms with van der Waals surface area (Å²) >= 11 is 1.61. The van der Waals surface area contributed by atoms with Crippen LogP contribution in [0.2, 0.25) is 0 Å². The number of carbonyl (C=O) groups is 2.